The Morgan fingerprint density at radius 3 is 2.00 bits per heavy atom. The lowest BCUT2D eigenvalue weighted by Crippen LogP contribution is -2.38. The molecule has 2 aromatic carbocycles. The van der Waals surface area contributed by atoms with E-state index in [1.165, 1.54) is 0 Å². The van der Waals surface area contributed by atoms with Crippen LogP contribution in [0.25, 0.3) is 11.4 Å². The molecule has 33 heavy (non-hydrogen) atoms. The number of aromatic nitrogens is 2. The van der Waals surface area contributed by atoms with Gasteiger partial charge < -0.3 is 9.26 Å². The summed E-state index contributed by atoms with van der Waals surface area (Å²) in [6, 6.07) is 7.48. The zero-order valence-corrected chi connectivity index (χ0v) is 20.9. The third kappa shape index (κ3) is 4.17. The Morgan fingerprint density at radius 1 is 0.909 bits per heavy atom. The van der Waals surface area contributed by atoms with Crippen LogP contribution in [0.2, 0.25) is 0 Å². The van der Waals surface area contributed by atoms with E-state index in [9.17, 15) is 8.42 Å². The van der Waals surface area contributed by atoms with Gasteiger partial charge in [-0.25, -0.2) is 8.42 Å². The summed E-state index contributed by atoms with van der Waals surface area (Å²) in [5, 5.41) is 4.12. The maximum atomic E-state index is 13.6. The van der Waals surface area contributed by atoms with Crippen LogP contribution in [0.4, 0.5) is 0 Å². The highest BCUT2D eigenvalue weighted by molar-refractivity contribution is 7.89. The van der Waals surface area contributed by atoms with E-state index in [1.54, 1.807) is 11.4 Å². The Morgan fingerprint density at radius 2 is 1.45 bits per heavy atom. The molecule has 176 valence electrons. The second kappa shape index (κ2) is 8.91. The first-order valence-electron chi connectivity index (χ1n) is 11.2. The van der Waals surface area contributed by atoms with Gasteiger partial charge in [-0.3, -0.25) is 0 Å². The van der Waals surface area contributed by atoms with Gasteiger partial charge in [0.25, 0.3) is 0 Å². The molecule has 0 saturated carbocycles. The fourth-order valence-electron chi connectivity index (χ4n) is 4.58. The third-order valence-electron chi connectivity index (χ3n) is 7.12. The fourth-order valence-corrected chi connectivity index (χ4v) is 6.61. The summed E-state index contributed by atoms with van der Waals surface area (Å²) >= 11 is 0. The molecule has 0 unspecified atom stereocenters. The molecule has 8 heteroatoms. The number of methoxy groups -OCH3 is 1. The van der Waals surface area contributed by atoms with E-state index < -0.39 is 10.0 Å². The lowest BCUT2D eigenvalue weighted by Gasteiger charge is -2.31. The minimum atomic E-state index is -3.58. The second-order valence-electron chi connectivity index (χ2n) is 8.82. The zero-order valence-electron chi connectivity index (χ0n) is 20.1. The van der Waals surface area contributed by atoms with Crippen molar-refractivity contribution >= 4 is 10.0 Å². The SMILES string of the molecule is COc1ccc(-c2noc(C3CCN(S(=O)(=O)c4c(C)c(C)c(C)c(C)c4C)CC3)n2)cc1. The van der Waals surface area contributed by atoms with Crippen molar-refractivity contribution in [3.63, 3.8) is 0 Å². The van der Waals surface area contributed by atoms with Crippen LogP contribution < -0.4 is 4.74 Å². The Bertz CT molecular complexity index is 1240. The molecule has 0 radical (unpaired) electrons. The number of nitrogens with zero attached hydrogens (tertiary/aromatic N) is 3. The number of rotatable bonds is 5. The Balaban J connectivity index is 1.51. The first kappa shape index (κ1) is 23.4. The molecule has 0 bridgehead atoms. The average Bonchev–Trinajstić information content (AvgIpc) is 3.32. The van der Waals surface area contributed by atoms with Crippen LogP contribution in [-0.4, -0.2) is 43.1 Å². The molecule has 1 aliphatic heterocycles. The molecule has 0 atom stereocenters. The predicted molar refractivity (Wildman–Crippen MR) is 127 cm³/mol. The summed E-state index contributed by atoms with van der Waals surface area (Å²) in [5.74, 6) is 1.90. The van der Waals surface area contributed by atoms with Crippen molar-refractivity contribution in [3.8, 4) is 17.1 Å². The minimum absolute atomic E-state index is 0.0413. The minimum Gasteiger partial charge on any atom is -0.497 e. The van der Waals surface area contributed by atoms with Crippen molar-refractivity contribution in [2.24, 2.45) is 0 Å². The maximum Gasteiger partial charge on any atom is 0.243 e. The maximum absolute atomic E-state index is 13.6. The Hall–Kier alpha value is -2.71. The van der Waals surface area contributed by atoms with E-state index in [4.69, 9.17) is 9.26 Å². The summed E-state index contributed by atoms with van der Waals surface area (Å²) in [7, 11) is -1.96. The second-order valence-corrected chi connectivity index (χ2v) is 10.7. The fraction of sp³-hybridized carbons (Fsp3) is 0.440. The molecule has 0 N–H and O–H groups in total. The van der Waals surface area contributed by atoms with Crippen molar-refractivity contribution in [1.82, 2.24) is 14.4 Å². The first-order valence-corrected chi connectivity index (χ1v) is 12.6. The molecule has 0 amide bonds. The van der Waals surface area contributed by atoms with E-state index >= 15 is 0 Å². The van der Waals surface area contributed by atoms with Crippen LogP contribution >= 0.6 is 0 Å². The number of benzene rings is 2. The summed E-state index contributed by atoms with van der Waals surface area (Å²) in [6.07, 6.45) is 1.29. The zero-order chi connectivity index (χ0) is 23.9. The molecule has 1 saturated heterocycles. The smallest absolute Gasteiger partial charge is 0.243 e. The van der Waals surface area contributed by atoms with Gasteiger partial charge in [0.2, 0.25) is 21.7 Å². The molecular weight excluding hydrogens is 438 g/mol. The molecule has 0 aliphatic carbocycles. The van der Waals surface area contributed by atoms with Crippen LogP contribution in [0.5, 0.6) is 5.75 Å². The van der Waals surface area contributed by atoms with E-state index in [2.05, 4.69) is 17.1 Å². The summed E-state index contributed by atoms with van der Waals surface area (Å²) in [5.41, 5.74) is 5.79. The first-order chi connectivity index (χ1) is 15.6. The molecule has 0 spiro atoms. The molecule has 1 aromatic heterocycles. The lowest BCUT2D eigenvalue weighted by molar-refractivity contribution is 0.270. The Labute approximate surface area is 195 Å². The van der Waals surface area contributed by atoms with Gasteiger partial charge in [0.15, 0.2) is 0 Å². The number of ether oxygens (including phenoxy) is 1. The van der Waals surface area contributed by atoms with Gasteiger partial charge in [-0.15, -0.1) is 0 Å². The van der Waals surface area contributed by atoms with E-state index in [0.29, 0.717) is 42.5 Å². The highest BCUT2D eigenvalue weighted by Crippen LogP contribution is 2.35. The van der Waals surface area contributed by atoms with Crippen LogP contribution in [0.1, 0.15) is 52.5 Å². The number of sulfonamides is 1. The molecule has 4 rings (SSSR count). The summed E-state index contributed by atoms with van der Waals surface area (Å²) < 4.78 is 39.5. The van der Waals surface area contributed by atoms with E-state index in [0.717, 1.165) is 39.1 Å². The monoisotopic (exact) mass is 469 g/mol. The standard InChI is InChI=1S/C25H31N3O4S/c1-15-16(2)18(4)23(19(5)17(15)3)33(29,30)28-13-11-21(12-14-28)25-26-24(27-32-25)20-7-9-22(31-6)10-8-20/h7-10,21H,11-14H2,1-6H3. The Kier molecular flexibility index (Phi) is 6.33. The van der Waals surface area contributed by atoms with Gasteiger partial charge in [0, 0.05) is 24.6 Å². The molecule has 2 heterocycles. The van der Waals surface area contributed by atoms with Crippen LogP contribution in [0, 0.1) is 34.6 Å². The molecule has 3 aromatic rings. The van der Waals surface area contributed by atoms with E-state index in [1.807, 2.05) is 52.0 Å². The van der Waals surface area contributed by atoms with Gasteiger partial charge in [0.05, 0.1) is 12.0 Å². The lowest BCUT2D eigenvalue weighted by atomic mass is 9.95. The molecule has 7 nitrogen and oxygen atoms in total. The van der Waals surface area contributed by atoms with Gasteiger partial charge in [-0.05, 0) is 99.5 Å². The summed E-state index contributed by atoms with van der Waals surface area (Å²) in [4.78, 5) is 5.04. The summed E-state index contributed by atoms with van der Waals surface area (Å²) in [6.45, 7) is 10.7. The van der Waals surface area contributed by atoms with Crippen molar-refractivity contribution in [1.29, 1.82) is 0 Å². The average molecular weight is 470 g/mol. The van der Waals surface area contributed by atoms with E-state index in [-0.39, 0.29) is 5.92 Å². The molecular formula is C25H31N3O4S. The van der Waals surface area contributed by atoms with Crippen molar-refractivity contribution < 1.29 is 17.7 Å². The molecule has 1 aliphatic rings. The quantitative estimate of drug-likeness (QED) is 0.531. The predicted octanol–water partition coefficient (Wildman–Crippen LogP) is 4.86. The van der Waals surface area contributed by atoms with Crippen molar-refractivity contribution in [2.45, 2.75) is 58.3 Å². The highest BCUT2D eigenvalue weighted by Gasteiger charge is 2.34. The number of hydrogen-bond acceptors (Lipinski definition) is 6. The number of piperidine rings is 1. The van der Waals surface area contributed by atoms with Gasteiger partial charge in [-0.1, -0.05) is 5.16 Å². The van der Waals surface area contributed by atoms with Crippen molar-refractivity contribution in [2.75, 3.05) is 20.2 Å². The van der Waals surface area contributed by atoms with Gasteiger partial charge >= 0.3 is 0 Å². The van der Waals surface area contributed by atoms with Gasteiger partial charge in [-0.2, -0.15) is 9.29 Å². The largest absolute Gasteiger partial charge is 0.497 e. The third-order valence-corrected chi connectivity index (χ3v) is 9.30. The number of hydrogen-bond donors (Lipinski definition) is 0. The van der Waals surface area contributed by atoms with Crippen LogP contribution in [-0.2, 0) is 10.0 Å². The van der Waals surface area contributed by atoms with Crippen LogP contribution in [0.15, 0.2) is 33.7 Å². The van der Waals surface area contributed by atoms with Crippen molar-refractivity contribution in [3.05, 3.63) is 58.0 Å². The molecule has 1 fully saturated rings. The topological polar surface area (TPSA) is 85.5 Å². The highest BCUT2D eigenvalue weighted by atomic mass is 32.2. The van der Waals surface area contributed by atoms with Gasteiger partial charge in [0.1, 0.15) is 5.75 Å². The van der Waals surface area contributed by atoms with Crippen LogP contribution in [0.3, 0.4) is 0 Å². The normalized spacial score (nSPS) is 15.7.